The second-order valence-electron chi connectivity index (χ2n) is 9.37. The smallest absolute Gasteiger partial charge is 0.264 e. The molecule has 0 saturated carbocycles. The molecular formula is C29H34BrN3O4S. The highest BCUT2D eigenvalue weighted by Gasteiger charge is 2.33. The van der Waals surface area contributed by atoms with Crippen LogP contribution in [0.25, 0.3) is 0 Å². The van der Waals surface area contributed by atoms with E-state index in [0.717, 1.165) is 9.87 Å². The Morgan fingerprint density at radius 1 is 0.921 bits per heavy atom. The first-order chi connectivity index (χ1) is 18.1. The molecule has 0 radical (unpaired) electrons. The van der Waals surface area contributed by atoms with E-state index in [4.69, 9.17) is 0 Å². The summed E-state index contributed by atoms with van der Waals surface area (Å²) in [5.41, 5.74) is 1.18. The third-order valence-corrected chi connectivity index (χ3v) is 8.25. The van der Waals surface area contributed by atoms with Crippen LogP contribution in [0, 0.1) is 5.92 Å². The van der Waals surface area contributed by atoms with Crippen molar-refractivity contribution in [2.75, 3.05) is 17.4 Å². The third kappa shape index (κ3) is 7.68. The van der Waals surface area contributed by atoms with Crippen molar-refractivity contribution in [3.8, 4) is 0 Å². The van der Waals surface area contributed by atoms with E-state index in [-0.39, 0.29) is 23.3 Å². The molecule has 1 N–H and O–H groups in total. The Morgan fingerprint density at radius 2 is 1.55 bits per heavy atom. The highest BCUT2D eigenvalue weighted by atomic mass is 79.9. The number of anilines is 1. The van der Waals surface area contributed by atoms with Crippen LogP contribution >= 0.6 is 15.9 Å². The maximum Gasteiger partial charge on any atom is 0.264 e. The van der Waals surface area contributed by atoms with Crippen LogP contribution < -0.4 is 9.62 Å². The monoisotopic (exact) mass is 599 g/mol. The van der Waals surface area contributed by atoms with E-state index in [1.54, 1.807) is 42.5 Å². The summed E-state index contributed by atoms with van der Waals surface area (Å²) in [6.45, 7) is 6.03. The normalized spacial score (nSPS) is 12.1. The fourth-order valence-corrected chi connectivity index (χ4v) is 5.82. The standard InChI is InChI=1S/C29H34BrN3O4S/c1-4-27(29(35)31-19-22(2)3)32(20-23-12-7-5-8-13-23)28(34)21-33(25-15-11-14-24(30)18-25)38(36,37)26-16-9-6-10-17-26/h5-18,22,27H,4,19-21H2,1-3H3,(H,31,35). The van der Waals surface area contributed by atoms with E-state index in [2.05, 4.69) is 21.2 Å². The van der Waals surface area contributed by atoms with Gasteiger partial charge >= 0.3 is 0 Å². The van der Waals surface area contributed by atoms with Crippen LogP contribution in [0.15, 0.2) is 94.3 Å². The summed E-state index contributed by atoms with van der Waals surface area (Å²) in [6, 6.07) is 23.4. The molecule has 0 heterocycles. The van der Waals surface area contributed by atoms with Gasteiger partial charge in [-0.2, -0.15) is 0 Å². The molecule has 3 aromatic rings. The van der Waals surface area contributed by atoms with Gasteiger partial charge in [-0.15, -0.1) is 0 Å². The van der Waals surface area contributed by atoms with Gasteiger partial charge in [0.2, 0.25) is 11.8 Å². The molecule has 0 fully saturated rings. The van der Waals surface area contributed by atoms with Crippen molar-refractivity contribution in [1.29, 1.82) is 0 Å². The fourth-order valence-electron chi connectivity index (χ4n) is 4.00. The van der Waals surface area contributed by atoms with Crippen molar-refractivity contribution in [2.45, 2.75) is 44.7 Å². The van der Waals surface area contributed by atoms with Gasteiger partial charge in [-0.05, 0) is 48.2 Å². The first-order valence-corrected chi connectivity index (χ1v) is 14.8. The molecule has 3 rings (SSSR count). The van der Waals surface area contributed by atoms with Gasteiger partial charge < -0.3 is 10.2 Å². The summed E-state index contributed by atoms with van der Waals surface area (Å²) in [6.07, 6.45) is 0.380. The molecule has 0 saturated heterocycles. The lowest BCUT2D eigenvalue weighted by atomic mass is 10.1. The van der Waals surface area contributed by atoms with E-state index >= 15 is 0 Å². The number of nitrogens with one attached hydrogen (secondary N) is 1. The number of sulfonamides is 1. The van der Waals surface area contributed by atoms with Gasteiger partial charge in [0.05, 0.1) is 10.6 Å². The summed E-state index contributed by atoms with van der Waals surface area (Å²) in [4.78, 5) is 28.7. The Bertz CT molecular complexity index is 1320. The predicted molar refractivity (Wildman–Crippen MR) is 154 cm³/mol. The SMILES string of the molecule is CCC(C(=O)NCC(C)C)N(Cc1ccccc1)C(=O)CN(c1cccc(Br)c1)S(=O)(=O)c1ccccc1. The minimum absolute atomic E-state index is 0.0732. The van der Waals surface area contributed by atoms with E-state index < -0.39 is 28.5 Å². The molecule has 2 amide bonds. The summed E-state index contributed by atoms with van der Waals surface area (Å²) < 4.78 is 29.3. The molecule has 202 valence electrons. The summed E-state index contributed by atoms with van der Waals surface area (Å²) in [5.74, 6) is -0.483. The van der Waals surface area contributed by atoms with Crippen LogP contribution in [0.4, 0.5) is 5.69 Å². The molecule has 0 bridgehead atoms. The lowest BCUT2D eigenvalue weighted by Gasteiger charge is -2.33. The molecule has 7 nitrogen and oxygen atoms in total. The molecule has 1 unspecified atom stereocenters. The number of nitrogens with zero attached hydrogens (tertiary/aromatic N) is 2. The van der Waals surface area contributed by atoms with Crippen LogP contribution in [-0.2, 0) is 26.2 Å². The molecule has 0 aliphatic rings. The molecule has 0 aliphatic heterocycles. The van der Waals surface area contributed by atoms with Crippen LogP contribution in [0.5, 0.6) is 0 Å². The number of hydrogen-bond donors (Lipinski definition) is 1. The van der Waals surface area contributed by atoms with Crippen molar-refractivity contribution in [3.63, 3.8) is 0 Å². The lowest BCUT2D eigenvalue weighted by molar-refractivity contribution is -0.140. The zero-order valence-corrected chi connectivity index (χ0v) is 24.3. The van der Waals surface area contributed by atoms with Gasteiger partial charge in [0.15, 0.2) is 0 Å². The number of carbonyl (C=O) groups excluding carboxylic acids is 2. The molecular weight excluding hydrogens is 566 g/mol. The number of carbonyl (C=O) groups is 2. The number of benzene rings is 3. The van der Waals surface area contributed by atoms with Gasteiger partial charge in [-0.1, -0.05) is 91.3 Å². The van der Waals surface area contributed by atoms with Gasteiger partial charge in [0, 0.05) is 17.6 Å². The van der Waals surface area contributed by atoms with Crippen molar-refractivity contribution in [3.05, 3.63) is 95.0 Å². The third-order valence-electron chi connectivity index (χ3n) is 5.97. The van der Waals surface area contributed by atoms with E-state index in [9.17, 15) is 18.0 Å². The second kappa shape index (κ2) is 13.6. The average molecular weight is 601 g/mol. The van der Waals surface area contributed by atoms with Crippen molar-refractivity contribution >= 4 is 43.5 Å². The first-order valence-electron chi connectivity index (χ1n) is 12.6. The van der Waals surface area contributed by atoms with Crippen LogP contribution in [0.3, 0.4) is 0 Å². The largest absolute Gasteiger partial charge is 0.354 e. The zero-order valence-electron chi connectivity index (χ0n) is 21.9. The molecule has 9 heteroatoms. The van der Waals surface area contributed by atoms with Gasteiger partial charge in [0.25, 0.3) is 10.0 Å². The lowest BCUT2D eigenvalue weighted by Crippen LogP contribution is -2.52. The molecule has 3 aromatic carbocycles. The van der Waals surface area contributed by atoms with Crippen LogP contribution in [-0.4, -0.2) is 44.3 Å². The second-order valence-corrected chi connectivity index (χ2v) is 12.2. The Kier molecular flexibility index (Phi) is 10.5. The number of halogens is 1. The Balaban J connectivity index is 2.02. The predicted octanol–water partition coefficient (Wildman–Crippen LogP) is 5.22. The maximum atomic E-state index is 14.0. The van der Waals surface area contributed by atoms with Crippen molar-refractivity contribution in [1.82, 2.24) is 10.2 Å². The molecule has 0 aromatic heterocycles. The van der Waals surface area contributed by atoms with E-state index in [1.807, 2.05) is 51.1 Å². The van der Waals surface area contributed by atoms with Gasteiger partial charge in [-0.25, -0.2) is 8.42 Å². The average Bonchev–Trinajstić information content (AvgIpc) is 2.91. The van der Waals surface area contributed by atoms with Gasteiger partial charge in [0.1, 0.15) is 12.6 Å². The Hall–Kier alpha value is -3.17. The molecule has 0 spiro atoms. The number of rotatable bonds is 12. The minimum Gasteiger partial charge on any atom is -0.354 e. The number of hydrogen-bond acceptors (Lipinski definition) is 4. The van der Waals surface area contributed by atoms with Crippen molar-refractivity contribution < 1.29 is 18.0 Å². The zero-order chi connectivity index (χ0) is 27.7. The van der Waals surface area contributed by atoms with E-state index in [1.165, 1.54) is 17.0 Å². The van der Waals surface area contributed by atoms with E-state index in [0.29, 0.717) is 23.1 Å². The quantitative estimate of drug-likeness (QED) is 0.309. The molecule has 0 aliphatic carbocycles. The Morgan fingerprint density at radius 3 is 2.13 bits per heavy atom. The Labute approximate surface area is 234 Å². The van der Waals surface area contributed by atoms with Crippen molar-refractivity contribution in [2.24, 2.45) is 5.92 Å². The van der Waals surface area contributed by atoms with Gasteiger partial charge in [-0.3, -0.25) is 13.9 Å². The van der Waals surface area contributed by atoms with Crippen LogP contribution in [0.2, 0.25) is 0 Å². The highest BCUT2D eigenvalue weighted by Crippen LogP contribution is 2.27. The van der Waals surface area contributed by atoms with Crippen LogP contribution in [0.1, 0.15) is 32.8 Å². The molecule has 1 atom stereocenters. The number of amides is 2. The highest BCUT2D eigenvalue weighted by molar-refractivity contribution is 9.10. The summed E-state index contributed by atoms with van der Waals surface area (Å²) in [7, 11) is -4.08. The topological polar surface area (TPSA) is 86.8 Å². The minimum atomic E-state index is -4.08. The fraction of sp³-hybridized carbons (Fsp3) is 0.310. The molecule has 38 heavy (non-hydrogen) atoms. The first kappa shape index (κ1) is 29.4. The summed E-state index contributed by atoms with van der Waals surface area (Å²) >= 11 is 3.41. The summed E-state index contributed by atoms with van der Waals surface area (Å²) in [5, 5.41) is 2.93. The maximum absolute atomic E-state index is 14.0.